The van der Waals surface area contributed by atoms with Crippen LogP contribution in [0.2, 0.25) is 0 Å². The van der Waals surface area contributed by atoms with Gasteiger partial charge in [-0.15, -0.1) is 0 Å². The molecule has 5 nitrogen and oxygen atoms in total. The van der Waals surface area contributed by atoms with E-state index in [1.54, 1.807) is 6.20 Å². The van der Waals surface area contributed by atoms with Crippen molar-refractivity contribution in [1.29, 1.82) is 0 Å². The Balaban J connectivity index is 1.73. The molecular formula is C15H19BrN4O. The highest BCUT2D eigenvalue weighted by Crippen LogP contribution is 2.29. The maximum atomic E-state index is 6.08. The van der Waals surface area contributed by atoms with Crippen LogP contribution in [0.4, 0.5) is 11.4 Å². The van der Waals surface area contributed by atoms with Gasteiger partial charge in [-0.05, 0) is 18.2 Å². The summed E-state index contributed by atoms with van der Waals surface area (Å²) in [5.41, 5.74) is 8.68. The molecule has 3 N–H and O–H groups in total. The maximum Gasteiger partial charge on any atom is 0.0743 e. The van der Waals surface area contributed by atoms with Crippen molar-refractivity contribution in [3.8, 4) is 0 Å². The summed E-state index contributed by atoms with van der Waals surface area (Å²) < 4.78 is 6.39. The molecule has 0 atom stereocenters. The van der Waals surface area contributed by atoms with Gasteiger partial charge in [0.2, 0.25) is 0 Å². The number of benzene rings is 1. The van der Waals surface area contributed by atoms with Crippen LogP contribution in [0.5, 0.6) is 0 Å². The Morgan fingerprint density at radius 2 is 2.14 bits per heavy atom. The highest BCUT2D eigenvalue weighted by Gasteiger charge is 2.11. The van der Waals surface area contributed by atoms with Gasteiger partial charge in [0.1, 0.15) is 0 Å². The van der Waals surface area contributed by atoms with E-state index < -0.39 is 0 Å². The second-order valence-electron chi connectivity index (χ2n) is 5.13. The van der Waals surface area contributed by atoms with Crippen LogP contribution < -0.4 is 11.1 Å². The van der Waals surface area contributed by atoms with Crippen molar-refractivity contribution in [2.75, 3.05) is 50.4 Å². The predicted molar refractivity (Wildman–Crippen MR) is 89.6 cm³/mol. The number of hydrogen-bond donors (Lipinski definition) is 2. The van der Waals surface area contributed by atoms with E-state index in [-0.39, 0.29) is 0 Å². The molecule has 0 aliphatic carbocycles. The molecule has 1 fully saturated rings. The number of morpholine rings is 1. The fraction of sp³-hybridized carbons (Fsp3) is 0.400. The van der Waals surface area contributed by atoms with Gasteiger partial charge >= 0.3 is 0 Å². The number of hydrogen-bond acceptors (Lipinski definition) is 5. The first kappa shape index (κ1) is 14.6. The number of nitrogens with zero attached hydrogens (tertiary/aromatic N) is 2. The number of pyridine rings is 1. The van der Waals surface area contributed by atoms with Crippen LogP contribution in [-0.2, 0) is 4.74 Å². The van der Waals surface area contributed by atoms with E-state index >= 15 is 0 Å². The molecule has 3 rings (SSSR count). The molecule has 21 heavy (non-hydrogen) atoms. The summed E-state index contributed by atoms with van der Waals surface area (Å²) in [7, 11) is 0. The molecule has 0 saturated carbocycles. The predicted octanol–water partition coefficient (Wildman–Crippen LogP) is 2.32. The Bertz CT molecular complexity index is 623. The summed E-state index contributed by atoms with van der Waals surface area (Å²) in [5.74, 6) is 0. The van der Waals surface area contributed by atoms with Crippen LogP contribution in [0.1, 0.15) is 0 Å². The van der Waals surface area contributed by atoms with Crippen LogP contribution in [0, 0.1) is 0 Å². The molecule has 112 valence electrons. The van der Waals surface area contributed by atoms with E-state index in [0.717, 1.165) is 60.5 Å². The SMILES string of the molecule is Nc1cnc2ccc(Br)cc2c1NCCN1CCOCC1. The first-order valence-corrected chi connectivity index (χ1v) is 7.91. The van der Waals surface area contributed by atoms with Crippen molar-refractivity contribution in [3.05, 3.63) is 28.9 Å². The van der Waals surface area contributed by atoms with Crippen LogP contribution in [0.15, 0.2) is 28.9 Å². The second-order valence-corrected chi connectivity index (χ2v) is 6.05. The molecule has 0 bridgehead atoms. The zero-order chi connectivity index (χ0) is 14.7. The number of ether oxygens (including phenoxy) is 1. The van der Waals surface area contributed by atoms with Gasteiger partial charge in [-0.1, -0.05) is 15.9 Å². The van der Waals surface area contributed by atoms with Crippen LogP contribution in [0.25, 0.3) is 10.9 Å². The third-order valence-corrected chi connectivity index (χ3v) is 4.19. The van der Waals surface area contributed by atoms with Crippen LogP contribution in [-0.4, -0.2) is 49.3 Å². The summed E-state index contributed by atoms with van der Waals surface area (Å²) in [6.07, 6.45) is 1.72. The lowest BCUT2D eigenvalue weighted by molar-refractivity contribution is 0.0398. The Labute approximate surface area is 132 Å². The summed E-state index contributed by atoms with van der Waals surface area (Å²) in [5, 5.41) is 4.51. The monoisotopic (exact) mass is 350 g/mol. The Morgan fingerprint density at radius 3 is 2.95 bits per heavy atom. The molecule has 1 aliphatic rings. The number of nitrogens with one attached hydrogen (secondary N) is 1. The van der Waals surface area contributed by atoms with Crippen molar-refractivity contribution in [3.63, 3.8) is 0 Å². The maximum absolute atomic E-state index is 6.08. The zero-order valence-electron chi connectivity index (χ0n) is 11.8. The van der Waals surface area contributed by atoms with Crippen molar-refractivity contribution in [2.45, 2.75) is 0 Å². The molecule has 1 aliphatic heterocycles. The van der Waals surface area contributed by atoms with Gasteiger partial charge in [-0.2, -0.15) is 0 Å². The van der Waals surface area contributed by atoms with E-state index in [1.807, 2.05) is 12.1 Å². The minimum absolute atomic E-state index is 0.683. The lowest BCUT2D eigenvalue weighted by atomic mass is 10.1. The highest BCUT2D eigenvalue weighted by atomic mass is 79.9. The van der Waals surface area contributed by atoms with Crippen LogP contribution >= 0.6 is 15.9 Å². The fourth-order valence-electron chi connectivity index (χ4n) is 2.54. The molecular weight excluding hydrogens is 332 g/mol. The molecule has 0 spiro atoms. The van der Waals surface area contributed by atoms with E-state index in [0.29, 0.717) is 5.69 Å². The number of anilines is 2. The Kier molecular flexibility index (Phi) is 4.57. The van der Waals surface area contributed by atoms with Crippen LogP contribution in [0.3, 0.4) is 0 Å². The number of nitrogen functional groups attached to an aromatic ring is 1. The summed E-state index contributed by atoms with van der Waals surface area (Å²) in [6, 6.07) is 6.03. The molecule has 1 saturated heterocycles. The third kappa shape index (κ3) is 3.45. The molecule has 6 heteroatoms. The average Bonchev–Trinajstić information content (AvgIpc) is 2.50. The van der Waals surface area contributed by atoms with Gasteiger partial charge in [0.25, 0.3) is 0 Å². The summed E-state index contributed by atoms with van der Waals surface area (Å²) in [4.78, 5) is 6.76. The minimum atomic E-state index is 0.683. The smallest absolute Gasteiger partial charge is 0.0743 e. The van der Waals surface area contributed by atoms with E-state index in [9.17, 15) is 0 Å². The number of rotatable bonds is 4. The van der Waals surface area contributed by atoms with Gasteiger partial charge < -0.3 is 15.8 Å². The lowest BCUT2D eigenvalue weighted by Gasteiger charge is -2.26. The molecule has 1 aromatic heterocycles. The normalized spacial score (nSPS) is 16.2. The topological polar surface area (TPSA) is 63.4 Å². The standard InChI is InChI=1S/C15H19BrN4O/c16-11-1-2-14-12(9-11)15(13(17)10-19-14)18-3-4-20-5-7-21-8-6-20/h1-2,9-10H,3-8,17H2,(H,18,19). The fourth-order valence-corrected chi connectivity index (χ4v) is 2.90. The molecule has 0 unspecified atom stereocenters. The summed E-state index contributed by atoms with van der Waals surface area (Å²) in [6.45, 7) is 5.50. The number of halogens is 1. The lowest BCUT2D eigenvalue weighted by Crippen LogP contribution is -2.39. The van der Waals surface area contributed by atoms with Gasteiger partial charge in [-0.25, -0.2) is 0 Å². The van der Waals surface area contributed by atoms with Gasteiger partial charge in [0.05, 0.1) is 36.3 Å². The number of fused-ring (bicyclic) bond motifs is 1. The quantitative estimate of drug-likeness (QED) is 0.885. The second kappa shape index (κ2) is 6.60. The van der Waals surface area contributed by atoms with E-state index in [1.165, 1.54) is 0 Å². The highest BCUT2D eigenvalue weighted by molar-refractivity contribution is 9.10. The molecule has 0 amide bonds. The van der Waals surface area contributed by atoms with Crippen molar-refractivity contribution >= 4 is 38.2 Å². The largest absolute Gasteiger partial charge is 0.396 e. The molecule has 2 aromatic rings. The van der Waals surface area contributed by atoms with Gasteiger partial charge in [0.15, 0.2) is 0 Å². The van der Waals surface area contributed by atoms with Crippen molar-refractivity contribution in [1.82, 2.24) is 9.88 Å². The molecule has 1 aromatic carbocycles. The summed E-state index contributed by atoms with van der Waals surface area (Å²) >= 11 is 3.50. The van der Waals surface area contributed by atoms with Gasteiger partial charge in [0, 0.05) is 36.0 Å². The number of aromatic nitrogens is 1. The van der Waals surface area contributed by atoms with Crippen molar-refractivity contribution in [2.24, 2.45) is 0 Å². The van der Waals surface area contributed by atoms with E-state index in [4.69, 9.17) is 10.5 Å². The average molecular weight is 351 g/mol. The Hall–Kier alpha value is -1.37. The van der Waals surface area contributed by atoms with Crippen molar-refractivity contribution < 1.29 is 4.74 Å². The van der Waals surface area contributed by atoms with E-state index in [2.05, 4.69) is 37.2 Å². The van der Waals surface area contributed by atoms with Gasteiger partial charge in [-0.3, -0.25) is 9.88 Å². The zero-order valence-corrected chi connectivity index (χ0v) is 13.4. The molecule has 0 radical (unpaired) electrons. The first-order valence-electron chi connectivity index (χ1n) is 7.12. The number of nitrogens with two attached hydrogens (primary N) is 1. The third-order valence-electron chi connectivity index (χ3n) is 3.69. The first-order chi connectivity index (χ1) is 10.2. The minimum Gasteiger partial charge on any atom is -0.396 e. The Morgan fingerprint density at radius 1 is 1.33 bits per heavy atom. The molecule has 2 heterocycles.